The summed E-state index contributed by atoms with van der Waals surface area (Å²) in [6, 6.07) is 0. The molecular formula is C39H76. The molecule has 6 fully saturated rings. The van der Waals surface area contributed by atoms with Gasteiger partial charge < -0.3 is 0 Å². The summed E-state index contributed by atoms with van der Waals surface area (Å²) in [5, 5.41) is 0. The Morgan fingerprint density at radius 3 is 0.538 bits per heavy atom. The minimum Gasteiger partial charge on any atom is -0.0683 e. The zero-order valence-corrected chi connectivity index (χ0v) is 27.8. The van der Waals surface area contributed by atoms with Crippen LogP contribution in [0.1, 0.15) is 220 Å². The summed E-state index contributed by atoms with van der Waals surface area (Å²) in [7, 11) is 0. The molecule has 6 aliphatic rings. The van der Waals surface area contributed by atoms with Crippen LogP contribution in [0.3, 0.4) is 0 Å². The normalized spacial score (nSPS) is 26.2. The van der Waals surface area contributed by atoms with Gasteiger partial charge in [-0.1, -0.05) is 220 Å². The fraction of sp³-hybridized carbons (Fsp3) is 1.00. The van der Waals surface area contributed by atoms with Gasteiger partial charge in [-0.2, -0.15) is 0 Å². The zero-order chi connectivity index (χ0) is 27.8. The molecule has 0 amide bonds. The molecule has 6 aliphatic carbocycles. The van der Waals surface area contributed by atoms with Crippen molar-refractivity contribution in [2.24, 2.45) is 29.6 Å². The van der Waals surface area contributed by atoms with Crippen molar-refractivity contribution >= 4 is 0 Å². The van der Waals surface area contributed by atoms with Crippen molar-refractivity contribution in [1.29, 1.82) is 0 Å². The highest BCUT2D eigenvalue weighted by Crippen LogP contribution is 2.39. The highest BCUT2D eigenvalue weighted by atomic mass is 14.3. The van der Waals surface area contributed by atoms with Crippen molar-refractivity contribution in [2.75, 3.05) is 0 Å². The van der Waals surface area contributed by atoms with Gasteiger partial charge in [-0.15, -0.1) is 0 Å². The summed E-state index contributed by atoms with van der Waals surface area (Å²) < 4.78 is 0. The first kappa shape index (κ1) is 35.2. The predicted octanol–water partition coefficient (Wildman–Crippen LogP) is 14.2. The van der Waals surface area contributed by atoms with Crippen LogP contribution in [-0.4, -0.2) is 0 Å². The molecule has 6 rings (SSSR count). The average Bonchev–Trinajstić information content (AvgIpc) is 3.06. The summed E-state index contributed by atoms with van der Waals surface area (Å²) in [5.41, 5.74) is 0. The Morgan fingerprint density at radius 2 is 0.385 bits per heavy atom. The van der Waals surface area contributed by atoms with E-state index in [1.807, 2.05) is 13.8 Å². The molecule has 0 heteroatoms. The van der Waals surface area contributed by atoms with E-state index in [-0.39, 0.29) is 0 Å². The van der Waals surface area contributed by atoms with Crippen LogP contribution >= 0.6 is 0 Å². The average molecular weight is 545 g/mol. The van der Waals surface area contributed by atoms with Gasteiger partial charge in [0.2, 0.25) is 0 Å². The van der Waals surface area contributed by atoms with Crippen molar-refractivity contribution in [2.45, 2.75) is 220 Å². The highest BCUT2D eigenvalue weighted by Gasteiger charge is 2.25. The summed E-state index contributed by atoms with van der Waals surface area (Å²) >= 11 is 0. The van der Waals surface area contributed by atoms with E-state index in [1.54, 1.807) is 51.4 Å². The first-order valence-corrected chi connectivity index (χ1v) is 19.3. The molecule has 0 N–H and O–H groups in total. The fourth-order valence-electron chi connectivity index (χ4n) is 8.79. The van der Waals surface area contributed by atoms with Crippen LogP contribution in [0, 0.1) is 29.6 Å². The van der Waals surface area contributed by atoms with E-state index in [1.165, 1.54) is 148 Å². The molecule has 232 valence electrons. The lowest BCUT2D eigenvalue weighted by Crippen LogP contribution is -2.20. The van der Waals surface area contributed by atoms with Crippen LogP contribution in [0.2, 0.25) is 0 Å². The molecule has 0 nitrogen and oxygen atoms in total. The first-order valence-electron chi connectivity index (χ1n) is 19.3. The van der Waals surface area contributed by atoms with E-state index in [0.29, 0.717) is 0 Å². The van der Waals surface area contributed by atoms with Gasteiger partial charge in [-0.05, 0) is 29.6 Å². The molecule has 0 spiro atoms. The standard InChI is InChI=1S/2C12H22.C7H14.C6H12.C2H6/c2*1-3-7-11(8-4-1)12-9-5-2-6-10-12;1-7-5-3-2-4-6-7;1-2-4-6-5-3-1;1-2/h2*11-12H,1-10H2;7H,2-6H2,1H3;1-6H2;1-2H3. The lowest BCUT2D eigenvalue weighted by atomic mass is 9.73. The van der Waals surface area contributed by atoms with Gasteiger partial charge in [0.05, 0.1) is 0 Å². The Morgan fingerprint density at radius 1 is 0.231 bits per heavy atom. The molecule has 0 heterocycles. The fourth-order valence-corrected chi connectivity index (χ4v) is 8.79. The van der Waals surface area contributed by atoms with Gasteiger partial charge in [0.15, 0.2) is 0 Å². The first-order chi connectivity index (χ1) is 19.3. The monoisotopic (exact) mass is 545 g/mol. The molecule has 0 atom stereocenters. The van der Waals surface area contributed by atoms with E-state index < -0.39 is 0 Å². The molecule has 0 saturated heterocycles. The van der Waals surface area contributed by atoms with Crippen LogP contribution in [0.15, 0.2) is 0 Å². The van der Waals surface area contributed by atoms with Crippen molar-refractivity contribution in [1.82, 2.24) is 0 Å². The topological polar surface area (TPSA) is 0 Å². The van der Waals surface area contributed by atoms with E-state index in [4.69, 9.17) is 0 Å². The van der Waals surface area contributed by atoms with Gasteiger partial charge in [-0.3, -0.25) is 0 Å². The second-order valence-corrected chi connectivity index (χ2v) is 14.5. The zero-order valence-electron chi connectivity index (χ0n) is 27.8. The quantitative estimate of drug-likeness (QED) is 0.324. The van der Waals surface area contributed by atoms with Crippen molar-refractivity contribution in [3.8, 4) is 0 Å². The Bertz CT molecular complexity index is 399. The molecular weight excluding hydrogens is 468 g/mol. The highest BCUT2D eigenvalue weighted by molar-refractivity contribution is 4.77. The molecule has 6 saturated carbocycles. The van der Waals surface area contributed by atoms with Gasteiger partial charge >= 0.3 is 0 Å². The smallest absolute Gasteiger partial charge is 0.0386 e. The Kier molecular flexibility index (Phi) is 22.2. The van der Waals surface area contributed by atoms with Crippen LogP contribution < -0.4 is 0 Å². The molecule has 0 unspecified atom stereocenters. The van der Waals surface area contributed by atoms with E-state index in [2.05, 4.69) is 6.92 Å². The number of rotatable bonds is 2. The van der Waals surface area contributed by atoms with Gasteiger partial charge in [0.1, 0.15) is 0 Å². The molecule has 0 aromatic rings. The number of hydrogen-bond acceptors (Lipinski definition) is 0. The third-order valence-electron chi connectivity index (χ3n) is 11.3. The summed E-state index contributed by atoms with van der Waals surface area (Å²) in [5.74, 6) is 5.59. The van der Waals surface area contributed by atoms with E-state index in [9.17, 15) is 0 Å². The van der Waals surface area contributed by atoms with Gasteiger partial charge in [0, 0.05) is 0 Å². The lowest BCUT2D eigenvalue weighted by Gasteiger charge is -2.32. The second-order valence-electron chi connectivity index (χ2n) is 14.5. The lowest BCUT2D eigenvalue weighted by molar-refractivity contribution is 0.196. The van der Waals surface area contributed by atoms with Crippen LogP contribution in [0.5, 0.6) is 0 Å². The molecule has 0 aromatic heterocycles. The number of hydrogen-bond donors (Lipinski definition) is 0. The van der Waals surface area contributed by atoms with Gasteiger partial charge in [-0.25, -0.2) is 0 Å². The Balaban J connectivity index is 0.000000185. The minimum atomic E-state index is 1.04. The minimum absolute atomic E-state index is 1.04. The molecule has 0 radical (unpaired) electrons. The molecule has 39 heavy (non-hydrogen) atoms. The largest absolute Gasteiger partial charge is 0.0683 e. The van der Waals surface area contributed by atoms with Gasteiger partial charge in [0.25, 0.3) is 0 Å². The van der Waals surface area contributed by atoms with Crippen molar-refractivity contribution in [3.05, 3.63) is 0 Å². The van der Waals surface area contributed by atoms with E-state index in [0.717, 1.165) is 29.6 Å². The second kappa shape index (κ2) is 24.6. The third kappa shape index (κ3) is 16.9. The van der Waals surface area contributed by atoms with Crippen molar-refractivity contribution in [3.63, 3.8) is 0 Å². The maximum atomic E-state index is 2.36. The maximum absolute atomic E-state index is 2.36. The van der Waals surface area contributed by atoms with Crippen LogP contribution in [0.25, 0.3) is 0 Å². The predicted molar refractivity (Wildman–Crippen MR) is 178 cm³/mol. The van der Waals surface area contributed by atoms with Crippen LogP contribution in [-0.2, 0) is 0 Å². The van der Waals surface area contributed by atoms with E-state index >= 15 is 0 Å². The van der Waals surface area contributed by atoms with Crippen LogP contribution in [0.4, 0.5) is 0 Å². The summed E-state index contributed by atoms with van der Waals surface area (Å²) in [6.45, 7) is 6.36. The SMILES string of the molecule is C1CCC(C2CCCCC2)CC1.C1CCC(C2CCCCC2)CC1.C1CCCCC1.CC.CC1CCCCC1. The summed E-state index contributed by atoms with van der Waals surface area (Å²) in [4.78, 5) is 0. The van der Waals surface area contributed by atoms with Crippen molar-refractivity contribution < 1.29 is 0 Å². The molecule has 0 aromatic carbocycles. The molecule has 0 aliphatic heterocycles. The Labute approximate surface area is 249 Å². The maximum Gasteiger partial charge on any atom is -0.0386 e. The summed E-state index contributed by atoms with van der Waals surface area (Å²) in [6.07, 6.45) is 47.2. The third-order valence-corrected chi connectivity index (χ3v) is 11.3. The Hall–Kier alpha value is 0. The molecule has 0 bridgehead atoms.